The molecule has 1 aliphatic heterocycles. The lowest BCUT2D eigenvalue weighted by Crippen LogP contribution is -2.40. The van der Waals surface area contributed by atoms with Crippen LogP contribution in [0.15, 0.2) is 48.5 Å². The number of aliphatic carboxylic acids is 1. The van der Waals surface area contributed by atoms with Gasteiger partial charge < -0.3 is 14.7 Å². The molecule has 3 rings (SSSR count). The summed E-state index contributed by atoms with van der Waals surface area (Å²) in [7, 11) is 0. The van der Waals surface area contributed by atoms with Gasteiger partial charge >= 0.3 is 11.9 Å². The molecule has 1 atom stereocenters. The summed E-state index contributed by atoms with van der Waals surface area (Å²) in [5.74, 6) is -2.04. The van der Waals surface area contributed by atoms with Crippen LogP contribution in [0.1, 0.15) is 27.9 Å². The fraction of sp³-hybridized carbons (Fsp3) is 0.286. The van der Waals surface area contributed by atoms with Crippen molar-refractivity contribution >= 4 is 23.5 Å². The number of aryl methyl sites for hydroxylation is 2. The van der Waals surface area contributed by atoms with E-state index in [9.17, 15) is 19.5 Å². The van der Waals surface area contributed by atoms with Crippen molar-refractivity contribution in [3.63, 3.8) is 0 Å². The van der Waals surface area contributed by atoms with E-state index in [1.807, 2.05) is 32.0 Å². The highest BCUT2D eigenvalue weighted by Crippen LogP contribution is 2.38. The second-order valence-electron chi connectivity index (χ2n) is 6.92. The Morgan fingerprint density at radius 1 is 1.07 bits per heavy atom. The molecule has 1 fully saturated rings. The van der Waals surface area contributed by atoms with Crippen molar-refractivity contribution in [2.45, 2.75) is 20.3 Å². The molecule has 1 saturated heterocycles. The first-order valence-corrected chi connectivity index (χ1v) is 8.66. The zero-order chi connectivity index (χ0) is 19.6. The number of hydrogen-bond donors (Lipinski definition) is 1. The van der Waals surface area contributed by atoms with Crippen LogP contribution < -0.4 is 4.90 Å². The summed E-state index contributed by atoms with van der Waals surface area (Å²) in [4.78, 5) is 38.3. The van der Waals surface area contributed by atoms with Crippen LogP contribution in [0.2, 0.25) is 0 Å². The van der Waals surface area contributed by atoms with E-state index in [1.165, 1.54) is 4.90 Å². The molecule has 2 aromatic rings. The SMILES string of the molecule is Cc1cccc(C)c1N1CC(COC(=O)c2ccccc2)(C(=O)O)CC1=O. The summed E-state index contributed by atoms with van der Waals surface area (Å²) in [5.41, 5.74) is 1.39. The molecule has 0 saturated carbocycles. The van der Waals surface area contributed by atoms with E-state index in [4.69, 9.17) is 4.74 Å². The Hall–Kier alpha value is -3.15. The molecule has 1 aliphatic rings. The Bertz CT molecular complexity index is 872. The fourth-order valence-electron chi connectivity index (χ4n) is 3.43. The first-order chi connectivity index (χ1) is 12.8. The van der Waals surface area contributed by atoms with Crippen molar-refractivity contribution in [2.24, 2.45) is 5.41 Å². The van der Waals surface area contributed by atoms with Crippen molar-refractivity contribution in [2.75, 3.05) is 18.1 Å². The lowest BCUT2D eigenvalue weighted by molar-refractivity contribution is -0.151. The number of amides is 1. The standard InChI is InChI=1S/C21H21NO5/c1-14-7-6-8-15(2)18(14)22-12-21(20(25)26,11-17(22)23)13-27-19(24)16-9-4-3-5-10-16/h3-10H,11-13H2,1-2H3,(H,25,26). The molecule has 1 heterocycles. The average molecular weight is 367 g/mol. The summed E-state index contributed by atoms with van der Waals surface area (Å²) >= 11 is 0. The van der Waals surface area contributed by atoms with Gasteiger partial charge in [0.2, 0.25) is 5.91 Å². The lowest BCUT2D eigenvalue weighted by Gasteiger charge is -2.25. The van der Waals surface area contributed by atoms with E-state index in [1.54, 1.807) is 30.3 Å². The molecule has 140 valence electrons. The molecule has 0 bridgehead atoms. The first kappa shape index (κ1) is 18.6. The molecular formula is C21H21NO5. The molecule has 0 aliphatic carbocycles. The smallest absolute Gasteiger partial charge is 0.338 e. The highest BCUT2D eigenvalue weighted by atomic mass is 16.5. The van der Waals surface area contributed by atoms with Crippen molar-refractivity contribution in [1.29, 1.82) is 0 Å². The number of hydrogen-bond acceptors (Lipinski definition) is 4. The number of carbonyl (C=O) groups is 3. The Balaban J connectivity index is 1.83. The quantitative estimate of drug-likeness (QED) is 0.822. The van der Waals surface area contributed by atoms with E-state index in [0.29, 0.717) is 5.56 Å². The maximum atomic E-state index is 12.6. The minimum absolute atomic E-state index is 0.0328. The minimum Gasteiger partial charge on any atom is -0.481 e. The van der Waals surface area contributed by atoms with E-state index < -0.39 is 17.4 Å². The molecule has 1 amide bonds. The number of carboxylic acid groups (broad SMARTS) is 1. The first-order valence-electron chi connectivity index (χ1n) is 8.66. The van der Waals surface area contributed by atoms with Gasteiger partial charge in [0.05, 0.1) is 5.56 Å². The number of ether oxygens (including phenoxy) is 1. The number of nitrogens with zero attached hydrogens (tertiary/aromatic N) is 1. The number of esters is 1. The van der Waals surface area contributed by atoms with Gasteiger partial charge in [-0.15, -0.1) is 0 Å². The van der Waals surface area contributed by atoms with Crippen LogP contribution in [-0.2, 0) is 14.3 Å². The van der Waals surface area contributed by atoms with Gasteiger partial charge in [-0.25, -0.2) is 4.79 Å². The number of para-hydroxylation sites is 1. The summed E-state index contributed by atoms with van der Waals surface area (Å²) in [6, 6.07) is 14.0. The largest absolute Gasteiger partial charge is 0.481 e. The van der Waals surface area contributed by atoms with Crippen molar-refractivity contribution < 1.29 is 24.2 Å². The Morgan fingerprint density at radius 2 is 1.70 bits per heavy atom. The second-order valence-corrected chi connectivity index (χ2v) is 6.92. The van der Waals surface area contributed by atoms with Gasteiger partial charge in [-0.05, 0) is 37.1 Å². The Morgan fingerprint density at radius 3 is 2.30 bits per heavy atom. The predicted octanol–water partition coefficient (Wildman–Crippen LogP) is 2.97. The molecule has 1 N–H and O–H groups in total. The molecule has 27 heavy (non-hydrogen) atoms. The highest BCUT2D eigenvalue weighted by Gasteiger charge is 2.51. The highest BCUT2D eigenvalue weighted by molar-refractivity contribution is 6.02. The predicted molar refractivity (Wildman–Crippen MR) is 99.7 cm³/mol. The van der Waals surface area contributed by atoms with E-state index >= 15 is 0 Å². The van der Waals surface area contributed by atoms with Gasteiger partial charge in [0.25, 0.3) is 0 Å². The maximum absolute atomic E-state index is 12.6. The maximum Gasteiger partial charge on any atom is 0.338 e. The molecule has 1 unspecified atom stereocenters. The number of rotatable bonds is 5. The van der Waals surface area contributed by atoms with Crippen molar-refractivity contribution in [1.82, 2.24) is 0 Å². The van der Waals surface area contributed by atoms with Crippen LogP contribution >= 0.6 is 0 Å². The minimum atomic E-state index is -1.46. The number of carboxylic acids is 1. The number of benzene rings is 2. The van der Waals surface area contributed by atoms with Crippen molar-refractivity contribution in [3.05, 3.63) is 65.2 Å². The second kappa shape index (κ2) is 7.23. The fourth-order valence-corrected chi connectivity index (χ4v) is 3.43. The van der Waals surface area contributed by atoms with Gasteiger partial charge in [-0.2, -0.15) is 0 Å². The summed E-state index contributed by atoms with van der Waals surface area (Å²) in [5, 5.41) is 9.80. The monoisotopic (exact) mass is 367 g/mol. The van der Waals surface area contributed by atoms with Crippen LogP contribution in [0.25, 0.3) is 0 Å². The van der Waals surface area contributed by atoms with Gasteiger partial charge in [0.15, 0.2) is 0 Å². The van der Waals surface area contributed by atoms with E-state index in [0.717, 1.165) is 16.8 Å². The topological polar surface area (TPSA) is 83.9 Å². The third-order valence-corrected chi connectivity index (χ3v) is 4.90. The van der Waals surface area contributed by atoms with Crippen LogP contribution in [0, 0.1) is 19.3 Å². The zero-order valence-corrected chi connectivity index (χ0v) is 15.3. The van der Waals surface area contributed by atoms with Crippen molar-refractivity contribution in [3.8, 4) is 0 Å². The average Bonchev–Trinajstić information content (AvgIpc) is 2.98. The van der Waals surface area contributed by atoms with E-state index in [-0.39, 0.29) is 25.5 Å². The normalized spacial score (nSPS) is 19.2. The number of carbonyl (C=O) groups excluding carboxylic acids is 2. The molecule has 2 aromatic carbocycles. The molecule has 6 heteroatoms. The number of anilines is 1. The van der Waals surface area contributed by atoms with Crippen LogP contribution in [-0.4, -0.2) is 36.1 Å². The van der Waals surface area contributed by atoms with Gasteiger partial charge in [-0.3, -0.25) is 9.59 Å². The lowest BCUT2D eigenvalue weighted by atomic mass is 9.88. The molecule has 0 aromatic heterocycles. The summed E-state index contributed by atoms with van der Waals surface area (Å²) in [6.07, 6.45) is -0.210. The summed E-state index contributed by atoms with van der Waals surface area (Å²) < 4.78 is 5.27. The van der Waals surface area contributed by atoms with Crippen LogP contribution in [0.5, 0.6) is 0 Å². The third-order valence-electron chi connectivity index (χ3n) is 4.90. The zero-order valence-electron chi connectivity index (χ0n) is 15.3. The van der Waals surface area contributed by atoms with Gasteiger partial charge in [0.1, 0.15) is 12.0 Å². The Kier molecular flexibility index (Phi) is 4.99. The van der Waals surface area contributed by atoms with Crippen LogP contribution in [0.3, 0.4) is 0 Å². The van der Waals surface area contributed by atoms with Gasteiger partial charge in [0, 0.05) is 18.7 Å². The molecule has 6 nitrogen and oxygen atoms in total. The third kappa shape index (κ3) is 3.56. The summed E-state index contributed by atoms with van der Waals surface area (Å²) in [6.45, 7) is 3.37. The molecular weight excluding hydrogens is 346 g/mol. The molecule has 0 radical (unpaired) electrons. The van der Waals surface area contributed by atoms with Gasteiger partial charge in [-0.1, -0.05) is 36.4 Å². The van der Waals surface area contributed by atoms with E-state index in [2.05, 4.69) is 0 Å². The van der Waals surface area contributed by atoms with Crippen LogP contribution in [0.4, 0.5) is 5.69 Å². The molecule has 0 spiro atoms. The Labute approximate surface area is 157 Å².